The van der Waals surface area contributed by atoms with Crippen LogP contribution in [0.1, 0.15) is 20.3 Å². The van der Waals surface area contributed by atoms with Crippen molar-refractivity contribution in [3.63, 3.8) is 0 Å². The van der Waals surface area contributed by atoms with Crippen molar-refractivity contribution in [2.24, 2.45) is 5.92 Å². The number of rotatable bonds is 5. The summed E-state index contributed by atoms with van der Waals surface area (Å²) in [6.07, 6.45) is 4.47. The third-order valence-electron chi connectivity index (χ3n) is 3.76. The molecule has 6 nitrogen and oxygen atoms in total. The lowest BCUT2D eigenvalue weighted by molar-refractivity contribution is 0.204. The van der Waals surface area contributed by atoms with Crippen LogP contribution in [0.3, 0.4) is 0 Å². The van der Waals surface area contributed by atoms with Gasteiger partial charge < -0.3 is 14.6 Å². The molecule has 0 spiro atoms. The van der Waals surface area contributed by atoms with E-state index in [1.807, 2.05) is 0 Å². The van der Waals surface area contributed by atoms with E-state index in [4.69, 9.17) is 5.11 Å². The molecule has 0 aromatic carbocycles. The minimum Gasteiger partial charge on any atom is -0.395 e. The first-order valence-corrected chi connectivity index (χ1v) is 7.75. The van der Waals surface area contributed by atoms with Gasteiger partial charge in [-0.3, -0.25) is 9.69 Å². The van der Waals surface area contributed by atoms with Crippen molar-refractivity contribution in [3.05, 3.63) is 22.7 Å². The minimum absolute atomic E-state index is 0.00167. The Kier molecular flexibility index (Phi) is 5.76. The number of aromatic nitrogens is 2. The van der Waals surface area contributed by atoms with Crippen molar-refractivity contribution in [1.29, 1.82) is 0 Å². The summed E-state index contributed by atoms with van der Waals surface area (Å²) in [6.45, 7) is 9.27. The fourth-order valence-corrected chi connectivity index (χ4v) is 2.74. The molecule has 0 bridgehead atoms. The zero-order chi connectivity index (χ0) is 15.2. The molecule has 0 amide bonds. The Labute approximate surface area is 126 Å². The molecule has 1 fully saturated rings. The summed E-state index contributed by atoms with van der Waals surface area (Å²) in [7, 11) is 0. The van der Waals surface area contributed by atoms with Gasteiger partial charge in [-0.2, -0.15) is 0 Å². The van der Waals surface area contributed by atoms with Crippen molar-refractivity contribution >= 4 is 5.82 Å². The highest BCUT2D eigenvalue weighted by atomic mass is 16.3. The van der Waals surface area contributed by atoms with Gasteiger partial charge in [0.05, 0.1) is 6.61 Å². The average Bonchev–Trinajstić information content (AvgIpc) is 2.67. The van der Waals surface area contributed by atoms with E-state index in [0.717, 1.165) is 39.1 Å². The third kappa shape index (κ3) is 4.28. The Morgan fingerprint density at radius 2 is 2.10 bits per heavy atom. The zero-order valence-electron chi connectivity index (χ0n) is 13.0. The molecule has 6 heteroatoms. The Bertz CT molecular complexity index is 501. The molecular weight excluding hydrogens is 268 g/mol. The third-order valence-corrected chi connectivity index (χ3v) is 3.76. The van der Waals surface area contributed by atoms with Crippen LogP contribution >= 0.6 is 0 Å². The number of aliphatic hydroxyl groups is 1. The Hall–Kier alpha value is -1.40. The van der Waals surface area contributed by atoms with E-state index in [9.17, 15) is 4.79 Å². The number of nitrogens with zero attached hydrogens (tertiary/aromatic N) is 4. The van der Waals surface area contributed by atoms with Crippen LogP contribution in [0, 0.1) is 5.92 Å². The maximum absolute atomic E-state index is 12.5. The monoisotopic (exact) mass is 294 g/mol. The number of aliphatic hydroxyl groups excluding tert-OH is 1. The summed E-state index contributed by atoms with van der Waals surface area (Å²) in [5.41, 5.74) is 0.00167. The standard InChI is InChI=1S/C15H26N4O2/c1-13(2)12-19-7-4-16-14(15(19)21)18-6-3-5-17(8-9-18)10-11-20/h4,7,13,20H,3,5-6,8-12H2,1-2H3. The van der Waals surface area contributed by atoms with Gasteiger partial charge >= 0.3 is 0 Å². The molecule has 1 aromatic rings. The normalized spacial score (nSPS) is 17.2. The predicted octanol–water partition coefficient (Wildman–Crippen LogP) is 0.404. The van der Waals surface area contributed by atoms with E-state index in [1.54, 1.807) is 17.0 Å². The smallest absolute Gasteiger partial charge is 0.293 e. The molecule has 2 rings (SSSR count). The first kappa shape index (κ1) is 16.0. The van der Waals surface area contributed by atoms with Crippen LogP contribution in [0.4, 0.5) is 5.82 Å². The van der Waals surface area contributed by atoms with Crippen LogP contribution in [-0.2, 0) is 6.54 Å². The first-order valence-electron chi connectivity index (χ1n) is 7.75. The molecule has 2 heterocycles. The topological polar surface area (TPSA) is 61.6 Å². The maximum atomic E-state index is 12.5. The van der Waals surface area contributed by atoms with Crippen molar-refractivity contribution in [2.45, 2.75) is 26.8 Å². The van der Waals surface area contributed by atoms with Crippen LogP contribution in [-0.4, -0.2) is 58.9 Å². The summed E-state index contributed by atoms with van der Waals surface area (Å²) in [5.74, 6) is 0.992. The second-order valence-electron chi connectivity index (χ2n) is 6.01. The molecule has 0 aliphatic carbocycles. The molecule has 21 heavy (non-hydrogen) atoms. The number of hydrogen-bond acceptors (Lipinski definition) is 5. The lowest BCUT2D eigenvalue weighted by atomic mass is 10.2. The van der Waals surface area contributed by atoms with E-state index >= 15 is 0 Å². The number of anilines is 1. The molecule has 1 N–H and O–H groups in total. The molecule has 1 saturated heterocycles. The zero-order valence-corrected chi connectivity index (χ0v) is 13.0. The van der Waals surface area contributed by atoms with Crippen LogP contribution in [0.2, 0.25) is 0 Å². The van der Waals surface area contributed by atoms with Crippen molar-refractivity contribution < 1.29 is 5.11 Å². The van der Waals surface area contributed by atoms with Gasteiger partial charge in [0.2, 0.25) is 0 Å². The molecule has 0 unspecified atom stereocenters. The van der Waals surface area contributed by atoms with Crippen LogP contribution in [0.15, 0.2) is 17.2 Å². The Balaban J connectivity index is 2.12. The van der Waals surface area contributed by atoms with Gasteiger partial charge in [-0.05, 0) is 18.9 Å². The van der Waals surface area contributed by atoms with E-state index < -0.39 is 0 Å². The van der Waals surface area contributed by atoms with Gasteiger partial charge in [-0.25, -0.2) is 4.98 Å². The Morgan fingerprint density at radius 3 is 2.81 bits per heavy atom. The molecule has 1 aliphatic rings. The Morgan fingerprint density at radius 1 is 1.29 bits per heavy atom. The molecule has 1 aromatic heterocycles. The maximum Gasteiger partial charge on any atom is 0.293 e. The fraction of sp³-hybridized carbons (Fsp3) is 0.733. The van der Waals surface area contributed by atoms with Gasteiger partial charge in [0.25, 0.3) is 5.56 Å². The molecule has 0 atom stereocenters. The quantitative estimate of drug-likeness (QED) is 0.852. The molecular formula is C15H26N4O2. The van der Waals surface area contributed by atoms with E-state index in [2.05, 4.69) is 28.6 Å². The highest BCUT2D eigenvalue weighted by molar-refractivity contribution is 5.35. The first-order chi connectivity index (χ1) is 10.1. The highest BCUT2D eigenvalue weighted by Crippen LogP contribution is 2.09. The van der Waals surface area contributed by atoms with Gasteiger partial charge in [0, 0.05) is 45.1 Å². The van der Waals surface area contributed by atoms with Crippen molar-refractivity contribution in [3.8, 4) is 0 Å². The SMILES string of the molecule is CC(C)Cn1ccnc(N2CCCN(CCO)CC2)c1=O. The molecule has 0 saturated carbocycles. The second-order valence-corrected chi connectivity index (χ2v) is 6.01. The molecule has 1 aliphatic heterocycles. The summed E-state index contributed by atoms with van der Waals surface area (Å²) in [6, 6.07) is 0. The fourth-order valence-electron chi connectivity index (χ4n) is 2.74. The lowest BCUT2D eigenvalue weighted by Gasteiger charge is -2.22. The van der Waals surface area contributed by atoms with Crippen LogP contribution in [0.5, 0.6) is 0 Å². The lowest BCUT2D eigenvalue weighted by Crippen LogP contribution is -2.37. The summed E-state index contributed by atoms with van der Waals surface area (Å²) in [4.78, 5) is 21.1. The molecule has 118 valence electrons. The highest BCUT2D eigenvalue weighted by Gasteiger charge is 2.18. The van der Waals surface area contributed by atoms with Gasteiger partial charge in [-0.15, -0.1) is 0 Å². The second kappa shape index (κ2) is 7.56. The van der Waals surface area contributed by atoms with Crippen molar-refractivity contribution in [2.75, 3.05) is 44.2 Å². The predicted molar refractivity (Wildman–Crippen MR) is 83.7 cm³/mol. The minimum atomic E-state index is 0.00167. The van der Waals surface area contributed by atoms with Gasteiger partial charge in [0.15, 0.2) is 5.82 Å². The van der Waals surface area contributed by atoms with E-state index in [0.29, 0.717) is 18.3 Å². The largest absolute Gasteiger partial charge is 0.395 e. The number of β-amino-alcohol motifs (C(OH)–C–C–N with tert-alkyl or cyclic N) is 1. The van der Waals surface area contributed by atoms with Gasteiger partial charge in [-0.1, -0.05) is 13.8 Å². The summed E-state index contributed by atoms with van der Waals surface area (Å²) < 4.78 is 1.75. The van der Waals surface area contributed by atoms with Crippen LogP contribution < -0.4 is 10.5 Å². The average molecular weight is 294 g/mol. The van der Waals surface area contributed by atoms with Crippen molar-refractivity contribution in [1.82, 2.24) is 14.5 Å². The molecule has 0 radical (unpaired) electrons. The van der Waals surface area contributed by atoms with E-state index in [-0.39, 0.29) is 12.2 Å². The summed E-state index contributed by atoms with van der Waals surface area (Å²) >= 11 is 0. The van der Waals surface area contributed by atoms with Gasteiger partial charge in [0.1, 0.15) is 0 Å². The summed E-state index contributed by atoms with van der Waals surface area (Å²) in [5, 5.41) is 9.04. The van der Waals surface area contributed by atoms with E-state index in [1.165, 1.54) is 0 Å². The van der Waals surface area contributed by atoms with Crippen LogP contribution in [0.25, 0.3) is 0 Å². The number of hydrogen-bond donors (Lipinski definition) is 1.